The number of rotatable bonds is 2. The number of alkyl halides is 1. The van der Waals surface area contributed by atoms with Gasteiger partial charge >= 0.3 is 0 Å². The smallest absolute Gasteiger partial charge is 0.112 e. The van der Waals surface area contributed by atoms with Crippen LogP contribution in [0.3, 0.4) is 0 Å². The summed E-state index contributed by atoms with van der Waals surface area (Å²) in [4.78, 5) is 7.50. The van der Waals surface area contributed by atoms with Gasteiger partial charge in [0.15, 0.2) is 0 Å². The van der Waals surface area contributed by atoms with E-state index in [0.29, 0.717) is 11.3 Å². The molecule has 2 nitrogen and oxygen atoms in total. The average molecular weight is 171 g/mol. The van der Waals surface area contributed by atoms with E-state index in [1.165, 1.54) is 12.8 Å². The van der Waals surface area contributed by atoms with Gasteiger partial charge < -0.3 is 4.98 Å². The predicted octanol–water partition coefficient (Wildman–Crippen LogP) is 2.20. The summed E-state index contributed by atoms with van der Waals surface area (Å²) in [7, 11) is 0. The van der Waals surface area contributed by atoms with E-state index in [4.69, 9.17) is 11.6 Å². The van der Waals surface area contributed by atoms with Crippen molar-refractivity contribution >= 4 is 11.6 Å². The first-order valence-electron chi connectivity index (χ1n) is 3.85. The van der Waals surface area contributed by atoms with Gasteiger partial charge in [-0.2, -0.15) is 0 Å². The van der Waals surface area contributed by atoms with Crippen molar-refractivity contribution in [1.29, 1.82) is 0 Å². The normalized spacial score (nSPS) is 20.2. The van der Waals surface area contributed by atoms with Gasteiger partial charge in [-0.1, -0.05) is 6.92 Å². The summed E-state index contributed by atoms with van der Waals surface area (Å²) in [6, 6.07) is 0. The standard InChI is InChI=1S/C8H11ClN2/c1-8(2-3-8)7-10-5-6(4-9)11-7/h5H,2-4H2,1H3,(H,10,11). The third kappa shape index (κ3) is 1.16. The summed E-state index contributed by atoms with van der Waals surface area (Å²) in [6.07, 6.45) is 4.33. The van der Waals surface area contributed by atoms with Gasteiger partial charge in [0, 0.05) is 17.3 Å². The maximum Gasteiger partial charge on any atom is 0.112 e. The predicted molar refractivity (Wildman–Crippen MR) is 44.7 cm³/mol. The van der Waals surface area contributed by atoms with Crippen molar-refractivity contribution in [2.75, 3.05) is 0 Å². The van der Waals surface area contributed by atoms with Crippen LogP contribution in [0.2, 0.25) is 0 Å². The zero-order valence-electron chi connectivity index (χ0n) is 6.52. The third-order valence-corrected chi connectivity index (χ3v) is 2.63. The molecule has 1 N–H and O–H groups in total. The number of aromatic amines is 1. The fourth-order valence-corrected chi connectivity index (χ4v) is 1.29. The second kappa shape index (κ2) is 2.24. The number of nitrogens with one attached hydrogen (secondary N) is 1. The van der Waals surface area contributed by atoms with Crippen molar-refractivity contribution < 1.29 is 0 Å². The maximum absolute atomic E-state index is 5.64. The molecule has 0 unspecified atom stereocenters. The van der Waals surface area contributed by atoms with E-state index >= 15 is 0 Å². The molecule has 1 aromatic heterocycles. The summed E-state index contributed by atoms with van der Waals surface area (Å²) in [5, 5.41) is 0. The van der Waals surface area contributed by atoms with E-state index < -0.39 is 0 Å². The van der Waals surface area contributed by atoms with Crippen molar-refractivity contribution in [2.45, 2.75) is 31.1 Å². The Morgan fingerprint density at radius 2 is 2.45 bits per heavy atom. The number of nitrogens with zero attached hydrogens (tertiary/aromatic N) is 1. The summed E-state index contributed by atoms with van der Waals surface area (Å²) >= 11 is 5.64. The molecule has 1 aliphatic rings. The summed E-state index contributed by atoms with van der Waals surface area (Å²) in [5.74, 6) is 1.64. The summed E-state index contributed by atoms with van der Waals surface area (Å²) < 4.78 is 0. The van der Waals surface area contributed by atoms with Crippen LogP contribution in [0, 0.1) is 0 Å². The van der Waals surface area contributed by atoms with Crippen LogP contribution in [-0.4, -0.2) is 9.97 Å². The number of hydrogen-bond acceptors (Lipinski definition) is 1. The van der Waals surface area contributed by atoms with Crippen LogP contribution in [0.25, 0.3) is 0 Å². The van der Waals surface area contributed by atoms with Gasteiger partial charge in [-0.15, -0.1) is 11.6 Å². The molecule has 0 aliphatic heterocycles. The van der Waals surface area contributed by atoms with Gasteiger partial charge in [0.25, 0.3) is 0 Å². The SMILES string of the molecule is CC1(c2ncc(CCl)[nH]2)CC1. The molecule has 0 radical (unpaired) electrons. The minimum absolute atomic E-state index is 0.338. The molecule has 0 spiro atoms. The summed E-state index contributed by atoms with van der Waals surface area (Å²) in [6.45, 7) is 2.23. The van der Waals surface area contributed by atoms with Gasteiger partial charge in [-0.25, -0.2) is 4.98 Å². The third-order valence-electron chi connectivity index (χ3n) is 2.34. The lowest BCUT2D eigenvalue weighted by molar-refractivity contribution is 0.722. The minimum atomic E-state index is 0.338. The zero-order valence-corrected chi connectivity index (χ0v) is 7.28. The van der Waals surface area contributed by atoms with E-state index in [2.05, 4.69) is 16.9 Å². The molecule has 1 aromatic rings. The lowest BCUT2D eigenvalue weighted by Gasteiger charge is -2.01. The molecule has 1 aliphatic carbocycles. The van der Waals surface area contributed by atoms with Gasteiger partial charge in [0.2, 0.25) is 0 Å². The van der Waals surface area contributed by atoms with Gasteiger partial charge in [-0.05, 0) is 12.8 Å². The Balaban J connectivity index is 2.25. The Labute approximate surface area is 71.0 Å². The van der Waals surface area contributed by atoms with Crippen LogP contribution in [-0.2, 0) is 11.3 Å². The van der Waals surface area contributed by atoms with Crippen LogP contribution in [0.4, 0.5) is 0 Å². The van der Waals surface area contributed by atoms with E-state index in [9.17, 15) is 0 Å². The van der Waals surface area contributed by atoms with Crippen LogP contribution >= 0.6 is 11.6 Å². The Kier molecular flexibility index (Phi) is 1.46. The van der Waals surface area contributed by atoms with Gasteiger partial charge in [0.1, 0.15) is 5.82 Å². The second-order valence-electron chi connectivity index (χ2n) is 3.45. The van der Waals surface area contributed by atoms with Crippen LogP contribution in [0.1, 0.15) is 31.3 Å². The number of H-pyrrole nitrogens is 1. The zero-order chi connectivity index (χ0) is 7.90. The minimum Gasteiger partial charge on any atom is -0.344 e. The quantitative estimate of drug-likeness (QED) is 0.678. The molecule has 60 valence electrons. The number of imidazole rings is 1. The van der Waals surface area contributed by atoms with Crippen LogP contribution in [0.5, 0.6) is 0 Å². The molecule has 0 atom stereocenters. The van der Waals surface area contributed by atoms with E-state index in [1.807, 2.05) is 6.20 Å². The molecule has 1 fully saturated rings. The highest BCUT2D eigenvalue weighted by atomic mass is 35.5. The molecular weight excluding hydrogens is 160 g/mol. The summed E-state index contributed by atoms with van der Waals surface area (Å²) in [5.41, 5.74) is 1.36. The monoisotopic (exact) mass is 170 g/mol. The first kappa shape index (κ1) is 7.17. The molecule has 0 saturated heterocycles. The Hall–Kier alpha value is -0.500. The highest BCUT2D eigenvalue weighted by molar-refractivity contribution is 6.16. The largest absolute Gasteiger partial charge is 0.344 e. The number of halogens is 1. The topological polar surface area (TPSA) is 28.7 Å². The molecule has 3 heteroatoms. The molecule has 0 aromatic carbocycles. The first-order valence-corrected chi connectivity index (χ1v) is 4.38. The van der Waals surface area contributed by atoms with Crippen molar-refractivity contribution in [3.63, 3.8) is 0 Å². The molecule has 2 rings (SSSR count). The lowest BCUT2D eigenvalue weighted by Crippen LogP contribution is -2.01. The van der Waals surface area contributed by atoms with Crippen molar-refractivity contribution in [3.05, 3.63) is 17.7 Å². The fraction of sp³-hybridized carbons (Fsp3) is 0.625. The van der Waals surface area contributed by atoms with Crippen molar-refractivity contribution in [3.8, 4) is 0 Å². The van der Waals surface area contributed by atoms with Crippen molar-refractivity contribution in [1.82, 2.24) is 9.97 Å². The maximum atomic E-state index is 5.64. The molecule has 1 heterocycles. The van der Waals surface area contributed by atoms with E-state index in [1.54, 1.807) is 0 Å². The van der Waals surface area contributed by atoms with Crippen LogP contribution < -0.4 is 0 Å². The van der Waals surface area contributed by atoms with Crippen LogP contribution in [0.15, 0.2) is 6.20 Å². The first-order chi connectivity index (χ1) is 5.24. The second-order valence-corrected chi connectivity index (χ2v) is 3.72. The Morgan fingerprint density at radius 1 is 1.73 bits per heavy atom. The lowest BCUT2D eigenvalue weighted by atomic mass is 10.1. The Morgan fingerprint density at radius 3 is 2.91 bits per heavy atom. The van der Waals surface area contributed by atoms with Gasteiger partial charge in [-0.3, -0.25) is 0 Å². The molecular formula is C8H11ClN2. The van der Waals surface area contributed by atoms with E-state index in [0.717, 1.165) is 11.5 Å². The molecule has 0 amide bonds. The highest BCUT2D eigenvalue weighted by Crippen LogP contribution is 2.45. The van der Waals surface area contributed by atoms with Crippen molar-refractivity contribution in [2.24, 2.45) is 0 Å². The van der Waals surface area contributed by atoms with E-state index in [-0.39, 0.29) is 0 Å². The number of hydrogen-bond donors (Lipinski definition) is 1. The molecule has 1 saturated carbocycles. The average Bonchev–Trinajstić information content (AvgIpc) is 2.61. The van der Waals surface area contributed by atoms with Gasteiger partial charge in [0.05, 0.1) is 5.88 Å². The highest BCUT2D eigenvalue weighted by Gasteiger charge is 2.41. The fourth-order valence-electron chi connectivity index (χ4n) is 1.16. The number of aromatic nitrogens is 2. The Bertz CT molecular complexity index is 263. The molecule has 11 heavy (non-hydrogen) atoms. The molecule has 0 bridgehead atoms.